The number of amides is 2. The summed E-state index contributed by atoms with van der Waals surface area (Å²) in [6.45, 7) is 3.59. The van der Waals surface area contributed by atoms with E-state index in [4.69, 9.17) is 0 Å². The number of carbonyl (C=O) groups is 2. The molecule has 2 fully saturated rings. The molecule has 0 spiro atoms. The van der Waals surface area contributed by atoms with Crippen LogP contribution >= 0.6 is 0 Å². The Morgan fingerprint density at radius 3 is 2.77 bits per heavy atom. The normalized spacial score (nSPS) is 21.4. The van der Waals surface area contributed by atoms with E-state index in [0.717, 1.165) is 12.8 Å². The first-order valence-electron chi connectivity index (χ1n) is 8.20. The highest BCUT2D eigenvalue weighted by Gasteiger charge is 2.33. The average molecular weight is 304 g/mol. The van der Waals surface area contributed by atoms with E-state index in [1.165, 1.54) is 12.8 Å². The molecule has 2 heterocycles. The Kier molecular flexibility index (Phi) is 4.45. The Labute approximate surface area is 131 Å². The smallest absolute Gasteiger partial charge is 0.242 e. The first-order valence-corrected chi connectivity index (χ1v) is 8.20. The van der Waals surface area contributed by atoms with Gasteiger partial charge in [-0.05, 0) is 19.8 Å². The summed E-state index contributed by atoms with van der Waals surface area (Å²) in [7, 11) is 0. The molecule has 1 aliphatic carbocycles. The van der Waals surface area contributed by atoms with E-state index in [0.29, 0.717) is 25.6 Å². The number of hydrogen-bond acceptors (Lipinski definition) is 3. The number of piperazine rings is 1. The quantitative estimate of drug-likeness (QED) is 0.846. The maximum absolute atomic E-state index is 12.4. The number of hydrogen-bond donors (Lipinski definition) is 0. The van der Waals surface area contributed by atoms with Crippen molar-refractivity contribution < 1.29 is 9.59 Å². The summed E-state index contributed by atoms with van der Waals surface area (Å²) in [6, 6.07) is 0.479. The molecule has 0 bridgehead atoms. The van der Waals surface area contributed by atoms with Crippen molar-refractivity contribution in [3.63, 3.8) is 0 Å². The first kappa shape index (κ1) is 15.1. The average Bonchev–Trinajstić information content (AvgIpc) is 3.20. The van der Waals surface area contributed by atoms with Gasteiger partial charge in [-0.2, -0.15) is 0 Å². The van der Waals surface area contributed by atoms with Gasteiger partial charge in [-0.1, -0.05) is 12.8 Å². The highest BCUT2D eigenvalue weighted by atomic mass is 16.2. The van der Waals surface area contributed by atoms with Gasteiger partial charge in [-0.25, -0.2) is 4.98 Å². The van der Waals surface area contributed by atoms with Crippen molar-refractivity contribution in [3.05, 3.63) is 18.7 Å². The maximum atomic E-state index is 12.4. The largest absolute Gasteiger partial charge is 0.336 e. The molecule has 0 unspecified atom stereocenters. The van der Waals surface area contributed by atoms with E-state index in [9.17, 15) is 9.59 Å². The van der Waals surface area contributed by atoms with Crippen LogP contribution in [-0.2, 0) is 9.59 Å². The van der Waals surface area contributed by atoms with Crippen LogP contribution in [0.5, 0.6) is 0 Å². The van der Waals surface area contributed by atoms with Gasteiger partial charge >= 0.3 is 0 Å². The van der Waals surface area contributed by atoms with Gasteiger partial charge in [0.25, 0.3) is 0 Å². The van der Waals surface area contributed by atoms with Crippen LogP contribution in [0.2, 0.25) is 0 Å². The highest BCUT2D eigenvalue weighted by Crippen LogP contribution is 2.25. The van der Waals surface area contributed by atoms with Crippen LogP contribution in [0.25, 0.3) is 0 Å². The zero-order valence-corrected chi connectivity index (χ0v) is 13.1. The summed E-state index contributed by atoms with van der Waals surface area (Å²) in [6.07, 6.45) is 10.4. The molecule has 1 saturated heterocycles. The van der Waals surface area contributed by atoms with Crippen LogP contribution in [0.15, 0.2) is 18.7 Å². The van der Waals surface area contributed by atoms with Crippen LogP contribution in [0.4, 0.5) is 0 Å². The molecule has 1 atom stereocenters. The van der Waals surface area contributed by atoms with Gasteiger partial charge < -0.3 is 14.4 Å². The molecular weight excluding hydrogens is 280 g/mol. The van der Waals surface area contributed by atoms with E-state index >= 15 is 0 Å². The molecule has 1 saturated carbocycles. The summed E-state index contributed by atoms with van der Waals surface area (Å²) >= 11 is 0. The molecule has 2 aliphatic rings. The summed E-state index contributed by atoms with van der Waals surface area (Å²) in [5.74, 6) is 0.169. The lowest BCUT2D eigenvalue weighted by molar-refractivity contribution is -0.147. The Hall–Kier alpha value is -1.85. The minimum Gasteiger partial charge on any atom is -0.336 e. The van der Waals surface area contributed by atoms with Gasteiger partial charge in [0.05, 0.1) is 12.9 Å². The fourth-order valence-corrected chi connectivity index (χ4v) is 3.52. The van der Waals surface area contributed by atoms with Crippen LogP contribution in [0, 0.1) is 0 Å². The van der Waals surface area contributed by atoms with E-state index in [1.54, 1.807) is 17.4 Å². The van der Waals surface area contributed by atoms with Crippen molar-refractivity contribution in [2.24, 2.45) is 0 Å². The predicted molar refractivity (Wildman–Crippen MR) is 82.1 cm³/mol. The molecule has 0 radical (unpaired) electrons. The number of rotatable bonds is 4. The number of carbonyl (C=O) groups excluding carboxylic acids is 2. The lowest BCUT2D eigenvalue weighted by Gasteiger charge is -2.38. The summed E-state index contributed by atoms with van der Waals surface area (Å²) in [5.41, 5.74) is 0. The topological polar surface area (TPSA) is 58.4 Å². The van der Waals surface area contributed by atoms with Gasteiger partial charge in [0.2, 0.25) is 11.8 Å². The second-order valence-electron chi connectivity index (χ2n) is 6.40. The van der Waals surface area contributed by atoms with E-state index in [-0.39, 0.29) is 24.4 Å². The predicted octanol–water partition coefficient (Wildman–Crippen LogP) is 1.45. The Balaban J connectivity index is 1.53. The number of aromatic nitrogens is 2. The van der Waals surface area contributed by atoms with Crippen molar-refractivity contribution in [2.45, 2.75) is 51.1 Å². The fraction of sp³-hybridized carbons (Fsp3) is 0.688. The zero-order chi connectivity index (χ0) is 15.5. The van der Waals surface area contributed by atoms with Gasteiger partial charge in [0.15, 0.2) is 0 Å². The Morgan fingerprint density at radius 2 is 2.14 bits per heavy atom. The molecule has 0 N–H and O–H groups in total. The van der Waals surface area contributed by atoms with Crippen LogP contribution < -0.4 is 0 Å². The van der Waals surface area contributed by atoms with E-state index in [1.807, 2.05) is 22.6 Å². The minimum absolute atomic E-state index is 0.0561. The van der Waals surface area contributed by atoms with Crippen LogP contribution in [0.3, 0.4) is 0 Å². The highest BCUT2D eigenvalue weighted by molar-refractivity contribution is 5.86. The monoisotopic (exact) mass is 304 g/mol. The molecule has 22 heavy (non-hydrogen) atoms. The molecule has 1 aliphatic heterocycles. The zero-order valence-electron chi connectivity index (χ0n) is 13.1. The lowest BCUT2D eigenvalue weighted by Crippen LogP contribution is -2.55. The molecular formula is C16H24N4O2. The third-order valence-electron chi connectivity index (χ3n) is 4.88. The van der Waals surface area contributed by atoms with Crippen LogP contribution in [-0.4, -0.2) is 56.8 Å². The van der Waals surface area contributed by atoms with E-state index in [2.05, 4.69) is 4.98 Å². The van der Waals surface area contributed by atoms with Gasteiger partial charge in [-0.15, -0.1) is 0 Å². The second kappa shape index (κ2) is 6.50. The van der Waals surface area contributed by atoms with Crippen molar-refractivity contribution in [3.8, 4) is 0 Å². The number of imidazole rings is 1. The maximum Gasteiger partial charge on any atom is 0.242 e. The van der Waals surface area contributed by atoms with Crippen molar-refractivity contribution in [1.29, 1.82) is 0 Å². The van der Waals surface area contributed by atoms with Gasteiger partial charge in [-0.3, -0.25) is 9.59 Å². The summed E-state index contributed by atoms with van der Waals surface area (Å²) in [5, 5.41) is 0. The summed E-state index contributed by atoms with van der Waals surface area (Å²) in [4.78, 5) is 32.4. The minimum atomic E-state index is 0.0561. The second-order valence-corrected chi connectivity index (χ2v) is 6.40. The third-order valence-corrected chi connectivity index (χ3v) is 4.88. The first-order chi connectivity index (χ1) is 10.6. The summed E-state index contributed by atoms with van der Waals surface area (Å²) < 4.78 is 1.93. The SMILES string of the molecule is C[C@H](CC(=O)N1CCN(C2CCCC2)C(=O)C1)n1ccnc1. The number of nitrogens with zero attached hydrogens (tertiary/aromatic N) is 4. The molecule has 3 rings (SSSR count). The molecule has 1 aromatic heterocycles. The third kappa shape index (κ3) is 3.15. The van der Waals surface area contributed by atoms with E-state index < -0.39 is 0 Å². The van der Waals surface area contributed by atoms with Crippen molar-refractivity contribution in [2.75, 3.05) is 19.6 Å². The van der Waals surface area contributed by atoms with Gasteiger partial charge in [0, 0.05) is 44.0 Å². The fourth-order valence-electron chi connectivity index (χ4n) is 3.52. The molecule has 6 nitrogen and oxygen atoms in total. The molecule has 1 aromatic rings. The Morgan fingerprint density at radius 1 is 1.36 bits per heavy atom. The van der Waals surface area contributed by atoms with Gasteiger partial charge in [0.1, 0.15) is 0 Å². The molecule has 120 valence electrons. The van der Waals surface area contributed by atoms with Crippen LogP contribution in [0.1, 0.15) is 45.1 Å². The molecule has 6 heteroatoms. The van der Waals surface area contributed by atoms with Crippen molar-refractivity contribution >= 4 is 11.8 Å². The molecule has 0 aromatic carbocycles. The standard InChI is InChI=1S/C16H24N4O2/c1-13(19-7-6-17-12-19)10-15(21)18-8-9-20(16(22)11-18)14-4-2-3-5-14/h6-7,12-14H,2-5,8-11H2,1H3/t13-/m1/s1. The Bertz CT molecular complexity index is 522. The lowest BCUT2D eigenvalue weighted by atomic mass is 10.1. The molecule has 2 amide bonds. The van der Waals surface area contributed by atoms with Crippen molar-refractivity contribution in [1.82, 2.24) is 19.4 Å².